The van der Waals surface area contributed by atoms with Gasteiger partial charge in [-0.1, -0.05) is 0 Å². The van der Waals surface area contributed by atoms with Crippen LogP contribution in [0.4, 0.5) is 0 Å². The van der Waals surface area contributed by atoms with Gasteiger partial charge in [0.25, 0.3) is 0 Å². The molecule has 4 nitrogen and oxygen atoms in total. The Morgan fingerprint density at radius 3 is 2.78 bits per heavy atom. The fourth-order valence-electron chi connectivity index (χ4n) is 3.00. The summed E-state index contributed by atoms with van der Waals surface area (Å²) in [5, 5.41) is 3.34. The van der Waals surface area contributed by atoms with Crippen molar-refractivity contribution in [2.75, 3.05) is 26.2 Å². The van der Waals surface area contributed by atoms with Gasteiger partial charge in [0.1, 0.15) is 6.29 Å². The van der Waals surface area contributed by atoms with Crippen molar-refractivity contribution in [1.82, 2.24) is 10.2 Å². The topological polar surface area (TPSA) is 49.4 Å². The number of likely N-dealkylation sites (tertiary alicyclic amines) is 1. The fourth-order valence-corrected chi connectivity index (χ4v) is 3.00. The molecule has 2 aliphatic heterocycles. The van der Waals surface area contributed by atoms with Crippen LogP contribution in [-0.4, -0.2) is 43.3 Å². The summed E-state index contributed by atoms with van der Waals surface area (Å²) in [6.07, 6.45) is 7.00. The number of piperidine rings is 2. The number of hydrogen-bond donors (Lipinski definition) is 1. The molecule has 0 aromatic rings. The lowest BCUT2D eigenvalue weighted by Gasteiger charge is -2.31. The SMILES string of the molecule is O=CC1CCCN(C(=O)CCC2CCNCC2)C1. The molecule has 2 fully saturated rings. The van der Waals surface area contributed by atoms with Crippen LogP contribution in [0.1, 0.15) is 38.5 Å². The van der Waals surface area contributed by atoms with E-state index in [0.29, 0.717) is 18.9 Å². The highest BCUT2D eigenvalue weighted by Crippen LogP contribution is 2.20. The molecule has 2 aliphatic rings. The van der Waals surface area contributed by atoms with Gasteiger partial charge in [0.15, 0.2) is 0 Å². The summed E-state index contributed by atoms with van der Waals surface area (Å²) in [5.74, 6) is 1.03. The van der Waals surface area contributed by atoms with Gasteiger partial charge in [-0.05, 0) is 51.1 Å². The standard InChI is InChI=1S/C14H24N2O2/c17-11-13-2-1-9-16(10-13)14(18)4-3-12-5-7-15-8-6-12/h11-13,15H,1-10H2. The van der Waals surface area contributed by atoms with Gasteiger partial charge in [0.05, 0.1) is 0 Å². The predicted molar refractivity (Wildman–Crippen MR) is 70.2 cm³/mol. The van der Waals surface area contributed by atoms with Crippen molar-refractivity contribution in [3.05, 3.63) is 0 Å². The normalized spacial score (nSPS) is 26.0. The zero-order valence-electron chi connectivity index (χ0n) is 11.1. The maximum Gasteiger partial charge on any atom is 0.222 e. The van der Waals surface area contributed by atoms with Crippen LogP contribution >= 0.6 is 0 Å². The lowest BCUT2D eigenvalue weighted by Crippen LogP contribution is -2.40. The first-order valence-electron chi connectivity index (χ1n) is 7.23. The summed E-state index contributed by atoms with van der Waals surface area (Å²) in [6, 6.07) is 0. The van der Waals surface area contributed by atoms with Crippen molar-refractivity contribution in [2.24, 2.45) is 11.8 Å². The van der Waals surface area contributed by atoms with Crippen LogP contribution in [0.5, 0.6) is 0 Å². The van der Waals surface area contributed by atoms with Crippen LogP contribution in [0.15, 0.2) is 0 Å². The Bertz CT molecular complexity index is 288. The average molecular weight is 252 g/mol. The van der Waals surface area contributed by atoms with Crippen LogP contribution in [-0.2, 0) is 9.59 Å². The van der Waals surface area contributed by atoms with E-state index in [9.17, 15) is 9.59 Å². The van der Waals surface area contributed by atoms with Gasteiger partial charge in [-0.2, -0.15) is 0 Å². The predicted octanol–water partition coefficient (Wildman–Crippen LogP) is 1.20. The molecular formula is C14H24N2O2. The van der Waals surface area contributed by atoms with E-state index in [4.69, 9.17) is 0 Å². The van der Waals surface area contributed by atoms with Gasteiger partial charge in [0, 0.05) is 25.4 Å². The smallest absolute Gasteiger partial charge is 0.222 e. The highest BCUT2D eigenvalue weighted by molar-refractivity contribution is 5.76. The van der Waals surface area contributed by atoms with Gasteiger partial charge < -0.3 is 15.0 Å². The Labute approximate surface area is 109 Å². The zero-order chi connectivity index (χ0) is 12.8. The summed E-state index contributed by atoms with van der Waals surface area (Å²) >= 11 is 0. The Kier molecular flexibility index (Phi) is 5.17. The summed E-state index contributed by atoms with van der Waals surface area (Å²) < 4.78 is 0. The first kappa shape index (κ1) is 13.5. The van der Waals surface area contributed by atoms with E-state index in [-0.39, 0.29) is 11.8 Å². The summed E-state index contributed by atoms with van der Waals surface area (Å²) in [6.45, 7) is 3.68. The molecule has 2 saturated heterocycles. The molecule has 18 heavy (non-hydrogen) atoms. The van der Waals surface area contributed by atoms with Gasteiger partial charge in [-0.25, -0.2) is 0 Å². The molecule has 1 unspecified atom stereocenters. The first-order chi connectivity index (χ1) is 8.79. The molecule has 0 aromatic carbocycles. The maximum atomic E-state index is 12.1. The van der Waals surface area contributed by atoms with Crippen LogP contribution in [0, 0.1) is 11.8 Å². The molecule has 102 valence electrons. The van der Waals surface area contributed by atoms with Crippen LogP contribution in [0.3, 0.4) is 0 Å². The summed E-state index contributed by atoms with van der Waals surface area (Å²) in [7, 11) is 0. The number of nitrogens with one attached hydrogen (secondary N) is 1. The monoisotopic (exact) mass is 252 g/mol. The summed E-state index contributed by atoms with van der Waals surface area (Å²) in [5.41, 5.74) is 0. The van der Waals surface area contributed by atoms with E-state index < -0.39 is 0 Å². The number of carbonyl (C=O) groups excluding carboxylic acids is 2. The highest BCUT2D eigenvalue weighted by atomic mass is 16.2. The van der Waals surface area contributed by atoms with Crippen molar-refractivity contribution >= 4 is 12.2 Å². The van der Waals surface area contributed by atoms with Crippen molar-refractivity contribution < 1.29 is 9.59 Å². The van der Waals surface area contributed by atoms with Crippen molar-refractivity contribution in [3.8, 4) is 0 Å². The Hall–Kier alpha value is -0.900. The van der Waals surface area contributed by atoms with Crippen molar-refractivity contribution in [3.63, 3.8) is 0 Å². The zero-order valence-corrected chi connectivity index (χ0v) is 11.1. The van der Waals surface area contributed by atoms with Crippen molar-refractivity contribution in [1.29, 1.82) is 0 Å². The second-order valence-corrected chi connectivity index (χ2v) is 5.61. The third-order valence-corrected chi connectivity index (χ3v) is 4.23. The molecule has 0 aliphatic carbocycles. The molecule has 2 rings (SSSR count). The van der Waals surface area contributed by atoms with E-state index in [1.807, 2.05) is 4.90 Å². The maximum absolute atomic E-state index is 12.1. The molecule has 1 atom stereocenters. The van der Waals surface area contributed by atoms with Crippen molar-refractivity contribution in [2.45, 2.75) is 38.5 Å². The molecule has 2 heterocycles. The van der Waals surface area contributed by atoms with E-state index in [0.717, 1.165) is 45.2 Å². The minimum Gasteiger partial charge on any atom is -0.342 e. The molecule has 1 amide bonds. The van der Waals surface area contributed by atoms with Gasteiger partial charge in [-0.15, -0.1) is 0 Å². The molecule has 4 heteroatoms. The van der Waals surface area contributed by atoms with E-state index in [1.165, 1.54) is 12.8 Å². The fraction of sp³-hybridized carbons (Fsp3) is 0.857. The van der Waals surface area contributed by atoms with Gasteiger partial charge >= 0.3 is 0 Å². The molecular weight excluding hydrogens is 228 g/mol. The molecule has 0 spiro atoms. The highest BCUT2D eigenvalue weighted by Gasteiger charge is 2.23. The Morgan fingerprint density at radius 2 is 2.06 bits per heavy atom. The molecule has 1 N–H and O–H groups in total. The minimum absolute atomic E-state index is 0.0709. The third kappa shape index (κ3) is 3.80. The Morgan fingerprint density at radius 1 is 1.28 bits per heavy atom. The van der Waals surface area contributed by atoms with E-state index in [1.54, 1.807) is 0 Å². The quantitative estimate of drug-likeness (QED) is 0.765. The largest absolute Gasteiger partial charge is 0.342 e. The Balaban J connectivity index is 1.71. The van der Waals surface area contributed by atoms with Crippen LogP contribution < -0.4 is 5.32 Å². The summed E-state index contributed by atoms with van der Waals surface area (Å²) in [4.78, 5) is 24.8. The number of amides is 1. The molecule has 0 aromatic heterocycles. The van der Waals surface area contributed by atoms with E-state index in [2.05, 4.69) is 5.32 Å². The number of carbonyl (C=O) groups is 2. The molecule has 0 bridgehead atoms. The lowest BCUT2D eigenvalue weighted by atomic mass is 9.92. The molecule has 0 saturated carbocycles. The molecule has 0 radical (unpaired) electrons. The number of nitrogens with zero attached hydrogens (tertiary/aromatic N) is 1. The number of aldehydes is 1. The lowest BCUT2D eigenvalue weighted by molar-refractivity contribution is -0.134. The second-order valence-electron chi connectivity index (χ2n) is 5.61. The average Bonchev–Trinajstić information content (AvgIpc) is 2.46. The van der Waals surface area contributed by atoms with Crippen LogP contribution in [0.25, 0.3) is 0 Å². The minimum atomic E-state index is 0.0709. The van der Waals surface area contributed by atoms with Gasteiger partial charge in [-0.3, -0.25) is 4.79 Å². The number of rotatable bonds is 4. The van der Waals surface area contributed by atoms with Crippen LogP contribution in [0.2, 0.25) is 0 Å². The van der Waals surface area contributed by atoms with E-state index >= 15 is 0 Å². The van der Waals surface area contributed by atoms with Gasteiger partial charge in [0.2, 0.25) is 5.91 Å². The third-order valence-electron chi connectivity index (χ3n) is 4.23. The number of hydrogen-bond acceptors (Lipinski definition) is 3. The first-order valence-corrected chi connectivity index (χ1v) is 7.23. The second kappa shape index (κ2) is 6.88.